The Morgan fingerprint density at radius 2 is 2.45 bits per heavy atom. The topological polar surface area (TPSA) is 64.1 Å². The lowest BCUT2D eigenvalue weighted by Gasteiger charge is -2.04. The Kier molecular flexibility index (Phi) is 2.26. The van der Waals surface area contributed by atoms with Crippen molar-refractivity contribution >= 4 is 0 Å². The summed E-state index contributed by atoms with van der Waals surface area (Å²) in [6.07, 6.45) is 1.83. The van der Waals surface area contributed by atoms with Crippen LogP contribution in [0.4, 0.5) is 0 Å². The van der Waals surface area contributed by atoms with E-state index in [2.05, 4.69) is 5.10 Å². The van der Waals surface area contributed by atoms with Gasteiger partial charge in [-0.1, -0.05) is 0 Å². The molecular formula is C7H13N3O. The van der Waals surface area contributed by atoms with Crippen molar-refractivity contribution < 1.29 is 5.11 Å². The average molecular weight is 155 g/mol. The molecule has 0 aromatic carbocycles. The Hall–Kier alpha value is -0.870. The molecule has 4 heteroatoms. The number of aryl methyl sites for hydroxylation is 2. The quantitative estimate of drug-likeness (QED) is 0.617. The number of aliphatic hydroxyl groups is 1. The van der Waals surface area contributed by atoms with Crippen LogP contribution in [0.3, 0.4) is 0 Å². The number of nitrogens with zero attached hydrogens (tertiary/aromatic N) is 2. The zero-order valence-electron chi connectivity index (χ0n) is 6.78. The summed E-state index contributed by atoms with van der Waals surface area (Å²) in [5.41, 5.74) is 7.40. The largest absolute Gasteiger partial charge is 0.394 e. The maximum absolute atomic E-state index is 8.76. The second-order valence-electron chi connectivity index (χ2n) is 2.63. The van der Waals surface area contributed by atoms with Crippen molar-refractivity contribution in [2.24, 2.45) is 12.8 Å². The molecule has 3 N–H and O–H groups in total. The van der Waals surface area contributed by atoms with Crippen molar-refractivity contribution in [2.45, 2.75) is 13.0 Å². The van der Waals surface area contributed by atoms with Gasteiger partial charge < -0.3 is 10.8 Å². The summed E-state index contributed by atoms with van der Waals surface area (Å²) in [4.78, 5) is 0. The molecule has 0 bridgehead atoms. The fourth-order valence-electron chi connectivity index (χ4n) is 1.08. The molecule has 1 unspecified atom stereocenters. The van der Waals surface area contributed by atoms with Crippen molar-refractivity contribution in [2.75, 3.05) is 6.61 Å². The minimum absolute atomic E-state index is 0.0352. The maximum Gasteiger partial charge on any atom is 0.0642 e. The fourth-order valence-corrected chi connectivity index (χ4v) is 1.08. The number of hydrogen-bond donors (Lipinski definition) is 2. The lowest BCUT2D eigenvalue weighted by molar-refractivity contribution is 0.267. The summed E-state index contributed by atoms with van der Waals surface area (Å²) in [6, 6.07) is -0.302. The monoisotopic (exact) mass is 155 g/mol. The highest BCUT2D eigenvalue weighted by Gasteiger charge is 2.09. The first-order valence-corrected chi connectivity index (χ1v) is 3.51. The number of nitrogens with two attached hydrogens (primary N) is 1. The molecule has 0 amide bonds. The molecule has 0 saturated carbocycles. The molecular weight excluding hydrogens is 142 g/mol. The Balaban J connectivity index is 2.93. The highest BCUT2D eigenvalue weighted by atomic mass is 16.3. The van der Waals surface area contributed by atoms with Gasteiger partial charge in [0, 0.05) is 18.8 Å². The summed E-state index contributed by atoms with van der Waals surface area (Å²) < 4.78 is 1.69. The van der Waals surface area contributed by atoms with Crippen molar-refractivity contribution in [1.82, 2.24) is 9.78 Å². The molecule has 0 aliphatic rings. The summed E-state index contributed by atoms with van der Waals surface area (Å²) in [7, 11) is 1.83. The van der Waals surface area contributed by atoms with Gasteiger partial charge in [-0.15, -0.1) is 0 Å². The summed E-state index contributed by atoms with van der Waals surface area (Å²) in [6.45, 7) is 1.84. The third-order valence-corrected chi connectivity index (χ3v) is 1.65. The Morgan fingerprint density at radius 1 is 1.82 bits per heavy atom. The Morgan fingerprint density at radius 3 is 2.82 bits per heavy atom. The maximum atomic E-state index is 8.76. The van der Waals surface area contributed by atoms with E-state index in [1.165, 1.54) is 0 Å². The van der Waals surface area contributed by atoms with E-state index in [1.54, 1.807) is 4.68 Å². The highest BCUT2D eigenvalue weighted by Crippen LogP contribution is 2.12. The third kappa shape index (κ3) is 1.58. The molecule has 4 nitrogen and oxygen atoms in total. The van der Waals surface area contributed by atoms with Gasteiger partial charge in [-0.25, -0.2) is 0 Å². The molecule has 1 atom stereocenters. The van der Waals surface area contributed by atoms with E-state index in [0.29, 0.717) is 0 Å². The zero-order valence-corrected chi connectivity index (χ0v) is 6.78. The number of aliphatic hydroxyl groups excluding tert-OH is 1. The van der Waals surface area contributed by atoms with Gasteiger partial charge in [0.15, 0.2) is 0 Å². The SMILES string of the molecule is Cc1nn(C)cc1C(N)CO. The summed E-state index contributed by atoms with van der Waals surface area (Å²) >= 11 is 0. The van der Waals surface area contributed by atoms with Gasteiger partial charge in [-0.2, -0.15) is 5.10 Å². The standard InChI is InChI=1S/C7H13N3O/c1-5-6(7(8)4-11)3-10(2)9-5/h3,7,11H,4,8H2,1-2H3. The van der Waals surface area contributed by atoms with Crippen molar-refractivity contribution in [3.8, 4) is 0 Å². The summed E-state index contributed by atoms with van der Waals surface area (Å²) in [5, 5.41) is 12.9. The van der Waals surface area contributed by atoms with Crippen molar-refractivity contribution in [1.29, 1.82) is 0 Å². The van der Waals surface area contributed by atoms with E-state index in [9.17, 15) is 0 Å². The van der Waals surface area contributed by atoms with Gasteiger partial charge in [0.1, 0.15) is 0 Å². The average Bonchev–Trinajstić information content (AvgIpc) is 2.28. The lowest BCUT2D eigenvalue weighted by Crippen LogP contribution is -2.14. The van der Waals surface area contributed by atoms with Crippen LogP contribution in [0.5, 0.6) is 0 Å². The smallest absolute Gasteiger partial charge is 0.0642 e. The second-order valence-corrected chi connectivity index (χ2v) is 2.63. The molecule has 1 heterocycles. The molecule has 1 aromatic rings. The molecule has 0 spiro atoms. The van der Waals surface area contributed by atoms with Crippen LogP contribution >= 0.6 is 0 Å². The van der Waals surface area contributed by atoms with Crippen LogP contribution in [0.1, 0.15) is 17.3 Å². The number of rotatable bonds is 2. The molecule has 0 aliphatic carbocycles. The first kappa shape index (κ1) is 8.23. The molecule has 0 radical (unpaired) electrons. The summed E-state index contributed by atoms with van der Waals surface area (Å²) in [5.74, 6) is 0. The van der Waals surface area contributed by atoms with Gasteiger partial charge in [-0.05, 0) is 6.92 Å². The predicted octanol–water partition coefficient (Wildman–Crippen LogP) is -0.279. The molecule has 0 aliphatic heterocycles. The third-order valence-electron chi connectivity index (χ3n) is 1.65. The van der Waals surface area contributed by atoms with Gasteiger partial charge in [0.05, 0.1) is 18.3 Å². The van der Waals surface area contributed by atoms with Crippen LogP contribution in [-0.4, -0.2) is 21.5 Å². The van der Waals surface area contributed by atoms with E-state index in [0.717, 1.165) is 11.3 Å². The normalized spacial score (nSPS) is 13.5. The Bertz CT molecular complexity index is 244. The van der Waals surface area contributed by atoms with E-state index in [-0.39, 0.29) is 12.6 Å². The minimum Gasteiger partial charge on any atom is -0.394 e. The highest BCUT2D eigenvalue weighted by molar-refractivity contribution is 5.19. The first-order valence-electron chi connectivity index (χ1n) is 3.51. The van der Waals surface area contributed by atoms with Crippen LogP contribution in [0, 0.1) is 6.92 Å². The van der Waals surface area contributed by atoms with Crippen LogP contribution in [0.25, 0.3) is 0 Å². The molecule has 1 rings (SSSR count). The van der Waals surface area contributed by atoms with Gasteiger partial charge >= 0.3 is 0 Å². The molecule has 11 heavy (non-hydrogen) atoms. The Labute approximate surface area is 65.6 Å². The molecule has 62 valence electrons. The van der Waals surface area contributed by atoms with Crippen molar-refractivity contribution in [3.05, 3.63) is 17.5 Å². The van der Waals surface area contributed by atoms with Gasteiger partial charge in [0.2, 0.25) is 0 Å². The number of hydrogen-bond acceptors (Lipinski definition) is 3. The molecule has 0 saturated heterocycles. The van der Waals surface area contributed by atoms with E-state index >= 15 is 0 Å². The fraction of sp³-hybridized carbons (Fsp3) is 0.571. The lowest BCUT2D eigenvalue weighted by atomic mass is 10.1. The van der Waals surface area contributed by atoms with Crippen molar-refractivity contribution in [3.63, 3.8) is 0 Å². The zero-order chi connectivity index (χ0) is 8.43. The molecule has 0 fully saturated rings. The molecule has 1 aromatic heterocycles. The van der Waals surface area contributed by atoms with E-state index in [4.69, 9.17) is 10.8 Å². The van der Waals surface area contributed by atoms with E-state index < -0.39 is 0 Å². The number of aromatic nitrogens is 2. The van der Waals surface area contributed by atoms with Crippen LogP contribution in [0.15, 0.2) is 6.20 Å². The minimum atomic E-state index is -0.302. The van der Waals surface area contributed by atoms with Crippen LogP contribution in [0.2, 0.25) is 0 Å². The predicted molar refractivity (Wildman–Crippen MR) is 42.0 cm³/mol. The first-order chi connectivity index (χ1) is 5.15. The second kappa shape index (κ2) is 3.02. The van der Waals surface area contributed by atoms with E-state index in [1.807, 2.05) is 20.2 Å². The van der Waals surface area contributed by atoms with Crippen LogP contribution in [-0.2, 0) is 7.05 Å². The van der Waals surface area contributed by atoms with Crippen LogP contribution < -0.4 is 5.73 Å². The van der Waals surface area contributed by atoms with Gasteiger partial charge in [-0.3, -0.25) is 4.68 Å². The van der Waals surface area contributed by atoms with Gasteiger partial charge in [0.25, 0.3) is 0 Å².